The highest BCUT2D eigenvalue weighted by molar-refractivity contribution is 5.76. The van der Waals surface area contributed by atoms with Crippen LogP contribution in [-0.2, 0) is 6.54 Å². The summed E-state index contributed by atoms with van der Waals surface area (Å²) in [4.78, 5) is 4.25. The van der Waals surface area contributed by atoms with Crippen LogP contribution in [0.15, 0.2) is 18.2 Å². The fourth-order valence-electron chi connectivity index (χ4n) is 2.30. The van der Waals surface area contributed by atoms with Crippen molar-refractivity contribution in [2.75, 3.05) is 6.54 Å². The minimum Gasteiger partial charge on any atom is -0.324 e. The van der Waals surface area contributed by atoms with Gasteiger partial charge in [0.05, 0.1) is 24.1 Å². The Kier molecular flexibility index (Phi) is 3.16. The zero-order valence-electron chi connectivity index (χ0n) is 10.5. The van der Waals surface area contributed by atoms with Crippen molar-refractivity contribution in [2.24, 2.45) is 0 Å². The minimum atomic E-state index is -4.25. The largest absolute Gasteiger partial charge is 0.401 e. The van der Waals surface area contributed by atoms with E-state index in [0.29, 0.717) is 11.3 Å². The third kappa shape index (κ3) is 2.77. The van der Waals surface area contributed by atoms with Crippen LogP contribution in [0, 0.1) is 5.82 Å². The number of aromatic nitrogens is 2. The van der Waals surface area contributed by atoms with E-state index < -0.39 is 18.5 Å². The van der Waals surface area contributed by atoms with Crippen LogP contribution in [0.5, 0.6) is 0 Å². The first-order chi connectivity index (χ1) is 9.44. The summed E-state index contributed by atoms with van der Waals surface area (Å²) in [6.45, 7) is -1.04. The van der Waals surface area contributed by atoms with Crippen LogP contribution in [-0.4, -0.2) is 22.3 Å². The lowest BCUT2D eigenvalue weighted by Gasteiger charge is -2.10. The van der Waals surface area contributed by atoms with Crippen molar-refractivity contribution in [3.8, 4) is 0 Å². The van der Waals surface area contributed by atoms with Crippen LogP contribution in [0.3, 0.4) is 0 Å². The SMILES string of the molecule is Fc1ccc2c(c1)nc(CNCC(F)(F)F)n2C1CC1. The highest BCUT2D eigenvalue weighted by Crippen LogP contribution is 2.38. The molecular formula is C13H13F4N3. The maximum atomic E-state index is 13.2. The molecule has 0 aliphatic heterocycles. The van der Waals surface area contributed by atoms with Crippen LogP contribution in [0.4, 0.5) is 17.6 Å². The molecule has 0 amide bonds. The number of fused-ring (bicyclic) bond motifs is 1. The van der Waals surface area contributed by atoms with E-state index in [1.54, 1.807) is 6.07 Å². The maximum absolute atomic E-state index is 13.2. The van der Waals surface area contributed by atoms with Crippen molar-refractivity contribution in [2.45, 2.75) is 31.6 Å². The zero-order chi connectivity index (χ0) is 14.3. The molecule has 1 fully saturated rings. The number of imidazole rings is 1. The molecule has 1 aromatic heterocycles. The maximum Gasteiger partial charge on any atom is 0.401 e. The fraction of sp³-hybridized carbons (Fsp3) is 0.462. The van der Waals surface area contributed by atoms with Crippen molar-refractivity contribution in [3.05, 3.63) is 29.8 Å². The van der Waals surface area contributed by atoms with Crippen LogP contribution in [0.2, 0.25) is 0 Å². The second-order valence-corrected chi connectivity index (χ2v) is 4.98. The van der Waals surface area contributed by atoms with Gasteiger partial charge in [-0.05, 0) is 25.0 Å². The lowest BCUT2D eigenvalue weighted by molar-refractivity contribution is -0.125. The molecule has 1 aliphatic rings. The molecule has 7 heteroatoms. The number of rotatable bonds is 4. The third-order valence-electron chi connectivity index (χ3n) is 3.25. The number of halogens is 4. The molecule has 3 rings (SSSR count). The van der Waals surface area contributed by atoms with E-state index in [1.807, 2.05) is 4.57 Å². The highest BCUT2D eigenvalue weighted by atomic mass is 19.4. The summed E-state index contributed by atoms with van der Waals surface area (Å²) in [6, 6.07) is 4.55. The van der Waals surface area contributed by atoms with Gasteiger partial charge in [0.2, 0.25) is 0 Å². The van der Waals surface area contributed by atoms with E-state index in [1.165, 1.54) is 12.1 Å². The van der Waals surface area contributed by atoms with Gasteiger partial charge in [0.25, 0.3) is 0 Å². The van der Waals surface area contributed by atoms with Gasteiger partial charge in [-0.2, -0.15) is 13.2 Å². The van der Waals surface area contributed by atoms with Gasteiger partial charge in [-0.15, -0.1) is 0 Å². The van der Waals surface area contributed by atoms with Crippen LogP contribution in [0.1, 0.15) is 24.7 Å². The molecule has 3 nitrogen and oxygen atoms in total. The average molecular weight is 287 g/mol. The summed E-state index contributed by atoms with van der Waals surface area (Å²) in [6.07, 6.45) is -2.28. The van der Waals surface area contributed by atoms with E-state index >= 15 is 0 Å². The minimum absolute atomic E-state index is 0.0201. The number of nitrogens with one attached hydrogen (secondary N) is 1. The standard InChI is InChI=1S/C13H13F4N3/c14-8-1-4-11-10(5-8)19-12(20(11)9-2-3-9)6-18-7-13(15,16)17/h1,4-5,9,18H,2-3,6-7H2. The molecule has 0 bridgehead atoms. The molecule has 1 aromatic carbocycles. The lowest BCUT2D eigenvalue weighted by Crippen LogP contribution is -2.29. The van der Waals surface area contributed by atoms with Gasteiger partial charge in [0, 0.05) is 12.1 Å². The summed E-state index contributed by atoms with van der Waals surface area (Å²) in [7, 11) is 0. The molecular weight excluding hydrogens is 274 g/mol. The summed E-state index contributed by atoms with van der Waals surface area (Å²) in [5.41, 5.74) is 1.26. The predicted octanol–water partition coefficient (Wildman–Crippen LogP) is 3.16. The van der Waals surface area contributed by atoms with Crippen LogP contribution in [0.25, 0.3) is 11.0 Å². The Balaban J connectivity index is 1.87. The molecule has 1 N–H and O–H groups in total. The van der Waals surface area contributed by atoms with E-state index in [9.17, 15) is 17.6 Å². The Hall–Kier alpha value is -1.63. The van der Waals surface area contributed by atoms with E-state index in [2.05, 4.69) is 10.3 Å². The average Bonchev–Trinajstić information content (AvgIpc) is 3.10. The summed E-state index contributed by atoms with van der Waals surface area (Å²) in [5.74, 6) is 0.130. The molecule has 1 aliphatic carbocycles. The quantitative estimate of drug-likeness (QED) is 0.875. The van der Waals surface area contributed by atoms with E-state index in [-0.39, 0.29) is 12.6 Å². The molecule has 0 spiro atoms. The van der Waals surface area contributed by atoms with Crippen molar-refractivity contribution in [1.29, 1.82) is 0 Å². The molecule has 20 heavy (non-hydrogen) atoms. The van der Waals surface area contributed by atoms with Gasteiger partial charge in [0.1, 0.15) is 11.6 Å². The van der Waals surface area contributed by atoms with Crippen LogP contribution >= 0.6 is 0 Å². The molecule has 0 saturated heterocycles. The molecule has 108 valence electrons. The highest BCUT2D eigenvalue weighted by Gasteiger charge is 2.29. The molecule has 0 radical (unpaired) electrons. The molecule has 1 saturated carbocycles. The van der Waals surface area contributed by atoms with Crippen molar-refractivity contribution in [1.82, 2.24) is 14.9 Å². The number of alkyl halides is 3. The smallest absolute Gasteiger partial charge is 0.324 e. The third-order valence-corrected chi connectivity index (χ3v) is 3.25. The summed E-state index contributed by atoms with van der Waals surface area (Å²) in [5, 5.41) is 2.34. The number of hydrogen-bond acceptors (Lipinski definition) is 2. The van der Waals surface area contributed by atoms with Gasteiger partial charge < -0.3 is 9.88 Å². The van der Waals surface area contributed by atoms with Crippen LogP contribution < -0.4 is 5.32 Å². The Labute approximate surface area is 112 Å². The number of benzene rings is 1. The van der Waals surface area contributed by atoms with Crippen molar-refractivity contribution >= 4 is 11.0 Å². The predicted molar refractivity (Wildman–Crippen MR) is 65.7 cm³/mol. The Morgan fingerprint density at radius 1 is 1.30 bits per heavy atom. The van der Waals surface area contributed by atoms with E-state index in [4.69, 9.17) is 0 Å². The first-order valence-electron chi connectivity index (χ1n) is 6.38. The van der Waals surface area contributed by atoms with Crippen molar-refractivity contribution in [3.63, 3.8) is 0 Å². The first-order valence-corrected chi connectivity index (χ1v) is 6.38. The molecule has 0 unspecified atom stereocenters. The first kappa shape index (κ1) is 13.4. The zero-order valence-corrected chi connectivity index (χ0v) is 10.5. The molecule has 2 aromatic rings. The Bertz CT molecular complexity index is 628. The Morgan fingerprint density at radius 2 is 2.05 bits per heavy atom. The molecule has 1 heterocycles. The van der Waals surface area contributed by atoms with Gasteiger partial charge >= 0.3 is 6.18 Å². The van der Waals surface area contributed by atoms with Gasteiger partial charge in [0.15, 0.2) is 0 Å². The second kappa shape index (κ2) is 4.73. The van der Waals surface area contributed by atoms with Gasteiger partial charge in [-0.3, -0.25) is 0 Å². The summed E-state index contributed by atoms with van der Waals surface area (Å²) < 4.78 is 51.5. The fourth-order valence-corrected chi connectivity index (χ4v) is 2.30. The number of hydrogen-bond donors (Lipinski definition) is 1. The Morgan fingerprint density at radius 3 is 2.70 bits per heavy atom. The lowest BCUT2D eigenvalue weighted by atomic mass is 10.3. The summed E-state index contributed by atoms with van der Waals surface area (Å²) >= 11 is 0. The normalized spacial score (nSPS) is 16.0. The van der Waals surface area contributed by atoms with Gasteiger partial charge in [-0.1, -0.05) is 0 Å². The molecule has 0 atom stereocenters. The topological polar surface area (TPSA) is 29.9 Å². The van der Waals surface area contributed by atoms with Gasteiger partial charge in [-0.25, -0.2) is 9.37 Å². The van der Waals surface area contributed by atoms with Crippen molar-refractivity contribution < 1.29 is 17.6 Å². The van der Waals surface area contributed by atoms with E-state index in [0.717, 1.165) is 18.4 Å². The monoisotopic (exact) mass is 287 g/mol. The number of nitrogens with zero attached hydrogens (tertiary/aromatic N) is 2. The second-order valence-electron chi connectivity index (χ2n) is 4.98.